The third-order valence-electron chi connectivity index (χ3n) is 3.74. The summed E-state index contributed by atoms with van der Waals surface area (Å²) in [6.07, 6.45) is 2.93. The van der Waals surface area contributed by atoms with Gasteiger partial charge in [0, 0.05) is 25.4 Å². The van der Waals surface area contributed by atoms with Crippen LogP contribution >= 0.6 is 15.9 Å². The van der Waals surface area contributed by atoms with Gasteiger partial charge in [-0.1, -0.05) is 18.2 Å². The summed E-state index contributed by atoms with van der Waals surface area (Å²) in [5.41, 5.74) is 2.05. The summed E-state index contributed by atoms with van der Waals surface area (Å²) in [5, 5.41) is 0. The molecule has 0 saturated heterocycles. The molecule has 0 bridgehead atoms. The van der Waals surface area contributed by atoms with Crippen LogP contribution in [0.4, 0.5) is 5.69 Å². The molecule has 1 aromatic heterocycles. The van der Waals surface area contributed by atoms with Crippen molar-refractivity contribution in [1.82, 2.24) is 9.88 Å². The predicted octanol–water partition coefficient (Wildman–Crippen LogP) is 3.75. The average molecular weight is 440 g/mol. The van der Waals surface area contributed by atoms with Crippen LogP contribution < -0.4 is 4.74 Å². The Kier molecular flexibility index (Phi) is 6.77. The quantitative estimate of drug-likeness (QED) is 0.485. The summed E-state index contributed by atoms with van der Waals surface area (Å²) < 4.78 is 30.2. The van der Waals surface area contributed by atoms with E-state index in [-0.39, 0.29) is 11.5 Å². The molecule has 0 aliphatic carbocycles. The molecule has 0 atom stereocenters. The highest BCUT2D eigenvalue weighted by molar-refractivity contribution is 9.10. The molecule has 6 nitrogen and oxygen atoms in total. The van der Waals surface area contributed by atoms with E-state index in [1.165, 1.54) is 6.26 Å². The number of aliphatic imine (C=N–C) groups is 1. The minimum absolute atomic E-state index is 0.107. The van der Waals surface area contributed by atoms with Gasteiger partial charge in [-0.2, -0.15) is 0 Å². The number of halogens is 1. The zero-order valence-electron chi connectivity index (χ0n) is 15.2. The number of hydrogen-bond donors (Lipinski definition) is 0. The topological polar surface area (TPSA) is 71.9 Å². The molecule has 2 rings (SSSR count). The summed E-state index contributed by atoms with van der Waals surface area (Å²) in [6, 6.07) is 8.61. The van der Waals surface area contributed by atoms with Crippen LogP contribution in [0.15, 0.2) is 44.7 Å². The predicted molar refractivity (Wildman–Crippen MR) is 107 cm³/mol. The Bertz CT molecular complexity index is 914. The van der Waals surface area contributed by atoms with E-state index in [0.29, 0.717) is 15.9 Å². The number of pyridine rings is 1. The van der Waals surface area contributed by atoms with Crippen LogP contribution in [0.5, 0.6) is 5.88 Å². The molecular weight excluding hydrogens is 418 g/mol. The van der Waals surface area contributed by atoms with E-state index in [1.54, 1.807) is 30.6 Å². The number of sulfone groups is 1. The summed E-state index contributed by atoms with van der Waals surface area (Å²) in [7, 11) is -1.37. The molecule has 0 N–H and O–H groups in total. The number of aromatic nitrogens is 1. The van der Waals surface area contributed by atoms with E-state index < -0.39 is 9.84 Å². The van der Waals surface area contributed by atoms with Crippen molar-refractivity contribution in [3.8, 4) is 5.88 Å². The SMILES string of the molecule is CCN(C)C=Nc1cc(Br)c(OCc2ccccc2S(C)(=O)=O)nc1C. The number of nitrogens with zero attached hydrogens (tertiary/aromatic N) is 3. The summed E-state index contributed by atoms with van der Waals surface area (Å²) >= 11 is 3.44. The van der Waals surface area contributed by atoms with Gasteiger partial charge in [0.2, 0.25) is 5.88 Å². The van der Waals surface area contributed by atoms with Crippen LogP contribution in [0.2, 0.25) is 0 Å². The largest absolute Gasteiger partial charge is 0.472 e. The van der Waals surface area contributed by atoms with Crippen LogP contribution in [-0.4, -0.2) is 44.5 Å². The maximum absolute atomic E-state index is 11.9. The third kappa shape index (κ3) is 5.28. The van der Waals surface area contributed by atoms with Gasteiger partial charge in [0.25, 0.3) is 0 Å². The van der Waals surface area contributed by atoms with Crippen molar-refractivity contribution in [3.63, 3.8) is 0 Å². The van der Waals surface area contributed by atoms with Crippen molar-refractivity contribution < 1.29 is 13.2 Å². The van der Waals surface area contributed by atoms with E-state index in [4.69, 9.17) is 4.74 Å². The molecule has 0 amide bonds. The Hall–Kier alpha value is -1.93. The minimum atomic E-state index is -3.32. The molecule has 0 fully saturated rings. The molecule has 0 unspecified atom stereocenters. The van der Waals surface area contributed by atoms with Crippen molar-refractivity contribution in [2.45, 2.75) is 25.3 Å². The fourth-order valence-corrected chi connectivity index (χ4v) is 3.50. The van der Waals surface area contributed by atoms with Crippen molar-refractivity contribution >= 4 is 37.8 Å². The molecule has 0 saturated carbocycles. The van der Waals surface area contributed by atoms with Gasteiger partial charge in [-0.05, 0) is 41.9 Å². The lowest BCUT2D eigenvalue weighted by atomic mass is 10.2. The molecule has 0 aliphatic heterocycles. The Morgan fingerprint density at radius 2 is 2.04 bits per heavy atom. The molecule has 0 radical (unpaired) electrons. The molecule has 1 heterocycles. The number of rotatable bonds is 7. The van der Waals surface area contributed by atoms with E-state index in [9.17, 15) is 8.42 Å². The lowest BCUT2D eigenvalue weighted by Gasteiger charge is -2.12. The number of hydrogen-bond acceptors (Lipinski definition) is 5. The minimum Gasteiger partial charge on any atom is -0.472 e. The second-order valence-corrected chi connectivity index (χ2v) is 8.70. The summed E-state index contributed by atoms with van der Waals surface area (Å²) in [5.74, 6) is 0.397. The third-order valence-corrected chi connectivity index (χ3v) is 5.50. The van der Waals surface area contributed by atoms with Gasteiger partial charge in [0.15, 0.2) is 9.84 Å². The molecule has 2 aromatic rings. The van der Waals surface area contributed by atoms with Gasteiger partial charge in [0.05, 0.1) is 27.1 Å². The maximum atomic E-state index is 11.9. The van der Waals surface area contributed by atoms with Crippen LogP contribution in [0.3, 0.4) is 0 Å². The van der Waals surface area contributed by atoms with Crippen LogP contribution in [-0.2, 0) is 16.4 Å². The van der Waals surface area contributed by atoms with Gasteiger partial charge in [-0.15, -0.1) is 0 Å². The van der Waals surface area contributed by atoms with Crippen molar-refractivity contribution in [2.24, 2.45) is 4.99 Å². The normalized spacial score (nSPS) is 11.7. The molecule has 140 valence electrons. The van der Waals surface area contributed by atoms with E-state index in [0.717, 1.165) is 17.9 Å². The molecular formula is C18H22BrN3O3S. The number of benzene rings is 1. The highest BCUT2D eigenvalue weighted by atomic mass is 79.9. The highest BCUT2D eigenvalue weighted by Gasteiger charge is 2.14. The standard InChI is InChI=1S/C18H22BrN3O3S/c1-5-22(3)12-20-16-10-15(19)18(21-13(16)2)25-11-14-8-6-7-9-17(14)26(4,23)24/h6-10,12H,5,11H2,1-4H3. The van der Waals surface area contributed by atoms with Gasteiger partial charge in [0.1, 0.15) is 6.61 Å². The monoisotopic (exact) mass is 439 g/mol. The maximum Gasteiger partial charge on any atom is 0.228 e. The van der Waals surface area contributed by atoms with Crippen LogP contribution in [0, 0.1) is 6.92 Å². The van der Waals surface area contributed by atoms with Crippen molar-refractivity contribution in [2.75, 3.05) is 19.8 Å². The lowest BCUT2D eigenvalue weighted by molar-refractivity contribution is 0.288. The smallest absolute Gasteiger partial charge is 0.228 e. The van der Waals surface area contributed by atoms with Crippen molar-refractivity contribution in [1.29, 1.82) is 0 Å². The lowest BCUT2D eigenvalue weighted by Crippen LogP contribution is -2.14. The van der Waals surface area contributed by atoms with E-state index in [1.807, 2.05) is 31.9 Å². The second kappa shape index (κ2) is 8.64. The van der Waals surface area contributed by atoms with Gasteiger partial charge >= 0.3 is 0 Å². The Morgan fingerprint density at radius 3 is 2.69 bits per heavy atom. The number of aryl methyl sites for hydroxylation is 1. The van der Waals surface area contributed by atoms with Crippen LogP contribution in [0.25, 0.3) is 0 Å². The van der Waals surface area contributed by atoms with Crippen molar-refractivity contribution in [3.05, 3.63) is 46.1 Å². The Morgan fingerprint density at radius 1 is 1.35 bits per heavy atom. The molecule has 26 heavy (non-hydrogen) atoms. The summed E-state index contributed by atoms with van der Waals surface area (Å²) in [6.45, 7) is 4.86. The first-order valence-corrected chi connectivity index (χ1v) is 10.7. The average Bonchev–Trinajstić information content (AvgIpc) is 2.60. The zero-order chi connectivity index (χ0) is 19.3. The highest BCUT2D eigenvalue weighted by Crippen LogP contribution is 2.30. The fourth-order valence-electron chi connectivity index (χ4n) is 2.15. The molecule has 1 aromatic carbocycles. The summed E-state index contributed by atoms with van der Waals surface area (Å²) in [4.78, 5) is 11.1. The first-order valence-electron chi connectivity index (χ1n) is 8.04. The fraction of sp³-hybridized carbons (Fsp3) is 0.333. The van der Waals surface area contributed by atoms with Gasteiger partial charge in [-0.25, -0.2) is 18.4 Å². The second-order valence-electron chi connectivity index (χ2n) is 5.87. The molecule has 0 spiro atoms. The van der Waals surface area contributed by atoms with Crippen LogP contribution in [0.1, 0.15) is 18.2 Å². The van der Waals surface area contributed by atoms with E-state index >= 15 is 0 Å². The first-order chi connectivity index (χ1) is 12.2. The van der Waals surface area contributed by atoms with Gasteiger partial charge in [-0.3, -0.25) is 0 Å². The molecule has 8 heteroatoms. The van der Waals surface area contributed by atoms with Gasteiger partial charge < -0.3 is 9.64 Å². The number of ether oxygens (including phenoxy) is 1. The Labute approximate surface area is 163 Å². The Balaban J connectivity index is 2.22. The van der Waals surface area contributed by atoms with E-state index in [2.05, 4.69) is 25.9 Å². The first kappa shape index (κ1) is 20.4. The zero-order valence-corrected chi connectivity index (χ0v) is 17.6. The molecule has 0 aliphatic rings.